The molecule has 1 aromatic carbocycles. The van der Waals surface area contributed by atoms with Gasteiger partial charge in [0.1, 0.15) is 11.5 Å². The molecule has 2 rings (SSSR count). The summed E-state index contributed by atoms with van der Waals surface area (Å²) in [5.41, 5.74) is 3.41. The number of hydrogen-bond acceptors (Lipinski definition) is 3. The number of nitrogens with zero attached hydrogens (tertiary/aromatic N) is 1. The van der Waals surface area contributed by atoms with Crippen LogP contribution in [0.5, 0.6) is 5.75 Å². The predicted octanol–water partition coefficient (Wildman–Crippen LogP) is 4.16. The third kappa shape index (κ3) is 5.79. The molecule has 1 heterocycles. The minimum atomic E-state index is -0.119. The minimum absolute atomic E-state index is 0.119. The quantitative estimate of drug-likeness (QED) is 0.650. The van der Waals surface area contributed by atoms with Crippen LogP contribution in [0, 0.1) is 0 Å². The number of alkyl halides is 1. The van der Waals surface area contributed by atoms with E-state index in [2.05, 4.69) is 40.0 Å². The summed E-state index contributed by atoms with van der Waals surface area (Å²) >= 11 is 3.39. The van der Waals surface area contributed by atoms with Gasteiger partial charge in [0.2, 0.25) is 0 Å². The Labute approximate surface area is 146 Å². The number of carbonyl (C=O) groups is 1. The van der Waals surface area contributed by atoms with E-state index in [1.807, 2.05) is 30.5 Å². The average molecular weight is 376 g/mol. The maximum Gasteiger partial charge on any atom is 0.143 e. The van der Waals surface area contributed by atoms with Gasteiger partial charge in [0.05, 0.1) is 11.4 Å². The van der Waals surface area contributed by atoms with Gasteiger partial charge in [-0.2, -0.15) is 0 Å². The van der Waals surface area contributed by atoms with Gasteiger partial charge < -0.3 is 4.74 Å². The van der Waals surface area contributed by atoms with Crippen LogP contribution >= 0.6 is 15.9 Å². The number of pyridine rings is 1. The number of ether oxygens (including phenoxy) is 1. The van der Waals surface area contributed by atoms with Gasteiger partial charge in [-0.05, 0) is 49.1 Å². The van der Waals surface area contributed by atoms with Crippen LogP contribution in [0.2, 0.25) is 0 Å². The van der Waals surface area contributed by atoms with E-state index in [9.17, 15) is 4.79 Å². The highest BCUT2D eigenvalue weighted by atomic mass is 79.9. The number of Topliss-reactive ketones (excluding diaryl/α,β-unsaturated/α-hetero) is 1. The number of halogens is 1. The summed E-state index contributed by atoms with van der Waals surface area (Å²) in [6.07, 6.45) is 4.42. The Morgan fingerprint density at radius 3 is 2.43 bits per heavy atom. The van der Waals surface area contributed by atoms with Crippen molar-refractivity contribution < 1.29 is 9.53 Å². The Morgan fingerprint density at radius 1 is 1.17 bits per heavy atom. The third-order valence-corrected chi connectivity index (χ3v) is 4.67. The molecule has 0 N–H and O–H groups in total. The SMILES string of the molecule is CCc1ccc(CCOc2ccc(CC(Br)C(C)=O)cc2)nc1. The van der Waals surface area contributed by atoms with E-state index >= 15 is 0 Å². The lowest BCUT2D eigenvalue weighted by Crippen LogP contribution is -2.12. The monoisotopic (exact) mass is 375 g/mol. The van der Waals surface area contributed by atoms with Crippen molar-refractivity contribution in [3.63, 3.8) is 0 Å². The first kappa shape index (κ1) is 17.7. The van der Waals surface area contributed by atoms with E-state index < -0.39 is 0 Å². The molecule has 122 valence electrons. The zero-order valence-electron chi connectivity index (χ0n) is 13.6. The molecule has 23 heavy (non-hydrogen) atoms. The van der Waals surface area contributed by atoms with Crippen LogP contribution in [-0.2, 0) is 24.1 Å². The summed E-state index contributed by atoms with van der Waals surface area (Å²) in [5.74, 6) is 0.986. The van der Waals surface area contributed by atoms with Crippen LogP contribution in [-0.4, -0.2) is 22.2 Å². The molecule has 0 amide bonds. The first-order valence-electron chi connectivity index (χ1n) is 7.88. The zero-order chi connectivity index (χ0) is 16.7. The molecular weight excluding hydrogens is 354 g/mol. The van der Waals surface area contributed by atoms with Crippen molar-refractivity contribution in [3.05, 3.63) is 59.4 Å². The molecule has 2 aromatic rings. The van der Waals surface area contributed by atoms with Crippen molar-refractivity contribution in [3.8, 4) is 5.75 Å². The standard InChI is InChI=1S/C19H22BrNO2/c1-3-15-4-7-17(21-13-15)10-11-23-18-8-5-16(6-9-18)12-19(20)14(2)22/h4-9,13,19H,3,10-12H2,1-2H3. The van der Waals surface area contributed by atoms with Crippen molar-refractivity contribution in [1.29, 1.82) is 0 Å². The van der Waals surface area contributed by atoms with Gasteiger partial charge in [-0.3, -0.25) is 9.78 Å². The van der Waals surface area contributed by atoms with E-state index in [1.165, 1.54) is 5.56 Å². The second-order valence-corrected chi connectivity index (χ2v) is 6.64. The van der Waals surface area contributed by atoms with Crippen molar-refractivity contribution in [2.75, 3.05) is 6.61 Å². The molecular formula is C19H22BrNO2. The summed E-state index contributed by atoms with van der Waals surface area (Å²) in [7, 11) is 0. The normalized spacial score (nSPS) is 12.0. The molecule has 0 fully saturated rings. The fourth-order valence-corrected chi connectivity index (χ4v) is 2.53. The topological polar surface area (TPSA) is 39.2 Å². The summed E-state index contributed by atoms with van der Waals surface area (Å²) in [6.45, 7) is 4.32. The van der Waals surface area contributed by atoms with Crippen LogP contribution in [0.25, 0.3) is 0 Å². The summed E-state index contributed by atoms with van der Waals surface area (Å²) in [4.78, 5) is 15.6. The first-order valence-corrected chi connectivity index (χ1v) is 8.80. The summed E-state index contributed by atoms with van der Waals surface area (Å²) in [6, 6.07) is 12.1. The van der Waals surface area contributed by atoms with Gasteiger partial charge in [0, 0.05) is 18.3 Å². The summed E-state index contributed by atoms with van der Waals surface area (Å²) in [5, 5.41) is 0. The van der Waals surface area contributed by atoms with Gasteiger partial charge in [0.15, 0.2) is 0 Å². The highest BCUT2D eigenvalue weighted by Gasteiger charge is 2.10. The number of ketones is 1. The highest BCUT2D eigenvalue weighted by molar-refractivity contribution is 9.10. The Hall–Kier alpha value is -1.68. The molecule has 1 atom stereocenters. The lowest BCUT2D eigenvalue weighted by molar-refractivity contribution is -0.116. The smallest absolute Gasteiger partial charge is 0.143 e. The fourth-order valence-electron chi connectivity index (χ4n) is 2.16. The van der Waals surface area contributed by atoms with Gasteiger partial charge in [0.25, 0.3) is 0 Å². The second-order valence-electron chi connectivity index (χ2n) is 5.54. The number of aryl methyl sites for hydroxylation is 1. The van der Waals surface area contributed by atoms with Gasteiger partial charge in [-0.25, -0.2) is 0 Å². The van der Waals surface area contributed by atoms with Crippen LogP contribution in [0.1, 0.15) is 30.7 Å². The van der Waals surface area contributed by atoms with Gasteiger partial charge in [-0.1, -0.05) is 41.1 Å². The van der Waals surface area contributed by atoms with Gasteiger partial charge in [-0.15, -0.1) is 0 Å². The molecule has 0 aliphatic heterocycles. The number of aromatic nitrogens is 1. The molecule has 3 nitrogen and oxygen atoms in total. The fraction of sp³-hybridized carbons (Fsp3) is 0.368. The Kier molecular flexibility index (Phi) is 6.78. The first-order chi connectivity index (χ1) is 11.1. The maximum atomic E-state index is 11.3. The predicted molar refractivity (Wildman–Crippen MR) is 96.4 cm³/mol. The molecule has 1 unspecified atom stereocenters. The Balaban J connectivity index is 1.80. The van der Waals surface area contributed by atoms with Crippen molar-refractivity contribution in [2.45, 2.75) is 37.9 Å². The molecule has 0 aliphatic carbocycles. The minimum Gasteiger partial charge on any atom is -0.493 e. The molecule has 1 aromatic heterocycles. The van der Waals surface area contributed by atoms with Crippen LogP contribution in [0.15, 0.2) is 42.6 Å². The molecule has 0 bridgehead atoms. The molecule has 0 saturated heterocycles. The van der Waals surface area contributed by atoms with E-state index in [4.69, 9.17) is 4.74 Å². The van der Waals surface area contributed by atoms with Crippen LogP contribution < -0.4 is 4.74 Å². The van der Waals surface area contributed by atoms with E-state index in [-0.39, 0.29) is 10.6 Å². The zero-order valence-corrected chi connectivity index (χ0v) is 15.2. The average Bonchev–Trinajstić information content (AvgIpc) is 2.57. The van der Waals surface area contributed by atoms with E-state index in [0.717, 1.165) is 29.8 Å². The lowest BCUT2D eigenvalue weighted by atomic mass is 10.1. The van der Waals surface area contributed by atoms with Crippen LogP contribution in [0.4, 0.5) is 0 Å². The summed E-state index contributed by atoms with van der Waals surface area (Å²) < 4.78 is 5.76. The highest BCUT2D eigenvalue weighted by Crippen LogP contribution is 2.16. The third-order valence-electron chi connectivity index (χ3n) is 3.70. The van der Waals surface area contributed by atoms with Gasteiger partial charge >= 0.3 is 0 Å². The lowest BCUT2D eigenvalue weighted by Gasteiger charge is -2.09. The van der Waals surface area contributed by atoms with Crippen molar-refractivity contribution in [1.82, 2.24) is 4.98 Å². The molecule has 0 saturated carbocycles. The van der Waals surface area contributed by atoms with E-state index in [1.54, 1.807) is 6.92 Å². The largest absolute Gasteiger partial charge is 0.493 e. The number of hydrogen-bond donors (Lipinski definition) is 0. The van der Waals surface area contributed by atoms with Crippen molar-refractivity contribution >= 4 is 21.7 Å². The second kappa shape index (κ2) is 8.82. The van der Waals surface area contributed by atoms with Crippen LogP contribution in [0.3, 0.4) is 0 Å². The molecule has 0 radical (unpaired) electrons. The number of carbonyl (C=O) groups excluding carboxylic acids is 1. The Bertz CT molecular complexity index is 623. The number of benzene rings is 1. The Morgan fingerprint density at radius 2 is 1.87 bits per heavy atom. The van der Waals surface area contributed by atoms with E-state index in [0.29, 0.717) is 13.0 Å². The molecule has 0 aliphatic rings. The number of rotatable bonds is 8. The van der Waals surface area contributed by atoms with Crippen molar-refractivity contribution in [2.24, 2.45) is 0 Å². The molecule has 4 heteroatoms. The maximum absolute atomic E-state index is 11.3. The molecule has 0 spiro atoms.